The molecule has 1 aromatic rings. The minimum Gasteiger partial charge on any atom is -0.381 e. The third-order valence-corrected chi connectivity index (χ3v) is 3.90. The normalized spacial score (nSPS) is 19.0. The van der Waals surface area contributed by atoms with Gasteiger partial charge in [-0.3, -0.25) is 4.79 Å². The lowest BCUT2D eigenvalue weighted by atomic mass is 9.90. The SMILES string of the molecule is CC(CNC(=O)C1(N)CCOCC1)c1ccc(F)cc1F. The van der Waals surface area contributed by atoms with Crippen LogP contribution in [-0.4, -0.2) is 31.2 Å². The van der Waals surface area contributed by atoms with Gasteiger partial charge in [0.1, 0.15) is 11.6 Å². The van der Waals surface area contributed by atoms with Gasteiger partial charge in [0.25, 0.3) is 0 Å². The molecule has 1 saturated heterocycles. The minimum absolute atomic E-state index is 0.250. The highest BCUT2D eigenvalue weighted by Crippen LogP contribution is 2.21. The Balaban J connectivity index is 1.94. The van der Waals surface area contributed by atoms with E-state index in [1.165, 1.54) is 12.1 Å². The van der Waals surface area contributed by atoms with Crippen molar-refractivity contribution >= 4 is 5.91 Å². The maximum Gasteiger partial charge on any atom is 0.240 e. The molecule has 1 aromatic carbocycles. The average molecular weight is 298 g/mol. The Morgan fingerprint density at radius 2 is 2.10 bits per heavy atom. The molecule has 1 aliphatic rings. The highest BCUT2D eigenvalue weighted by molar-refractivity contribution is 5.86. The lowest BCUT2D eigenvalue weighted by molar-refractivity contribution is -0.129. The van der Waals surface area contributed by atoms with Crippen molar-refractivity contribution in [2.24, 2.45) is 5.73 Å². The summed E-state index contributed by atoms with van der Waals surface area (Å²) >= 11 is 0. The third kappa shape index (κ3) is 3.77. The van der Waals surface area contributed by atoms with Crippen molar-refractivity contribution in [3.63, 3.8) is 0 Å². The first-order valence-electron chi connectivity index (χ1n) is 7.02. The van der Waals surface area contributed by atoms with Crippen LogP contribution >= 0.6 is 0 Å². The van der Waals surface area contributed by atoms with Crippen molar-refractivity contribution in [3.05, 3.63) is 35.4 Å². The van der Waals surface area contributed by atoms with E-state index in [1.807, 2.05) is 0 Å². The number of carbonyl (C=O) groups is 1. The Bertz CT molecular complexity index is 516. The number of benzene rings is 1. The lowest BCUT2D eigenvalue weighted by Gasteiger charge is -2.32. The highest BCUT2D eigenvalue weighted by Gasteiger charge is 2.35. The lowest BCUT2D eigenvalue weighted by Crippen LogP contribution is -2.57. The van der Waals surface area contributed by atoms with Crippen LogP contribution in [0.5, 0.6) is 0 Å². The molecule has 1 aliphatic heterocycles. The van der Waals surface area contributed by atoms with Crippen LogP contribution < -0.4 is 11.1 Å². The van der Waals surface area contributed by atoms with E-state index >= 15 is 0 Å². The molecule has 0 spiro atoms. The molecule has 0 bridgehead atoms. The monoisotopic (exact) mass is 298 g/mol. The van der Waals surface area contributed by atoms with Crippen molar-refractivity contribution in [2.75, 3.05) is 19.8 Å². The zero-order chi connectivity index (χ0) is 15.5. The van der Waals surface area contributed by atoms with E-state index < -0.39 is 17.2 Å². The van der Waals surface area contributed by atoms with E-state index in [2.05, 4.69) is 5.32 Å². The van der Waals surface area contributed by atoms with Crippen molar-refractivity contribution in [3.8, 4) is 0 Å². The van der Waals surface area contributed by atoms with Crippen molar-refractivity contribution in [2.45, 2.75) is 31.2 Å². The van der Waals surface area contributed by atoms with E-state index in [9.17, 15) is 13.6 Å². The molecule has 1 unspecified atom stereocenters. The quantitative estimate of drug-likeness (QED) is 0.889. The van der Waals surface area contributed by atoms with Crippen LogP contribution in [0.25, 0.3) is 0 Å². The molecule has 0 saturated carbocycles. The largest absolute Gasteiger partial charge is 0.381 e. The Morgan fingerprint density at radius 3 is 2.71 bits per heavy atom. The standard InChI is InChI=1S/C15H20F2N2O2/c1-10(12-3-2-11(16)8-13(12)17)9-19-14(20)15(18)4-6-21-7-5-15/h2-3,8,10H,4-7,9,18H2,1H3,(H,19,20). The molecule has 0 radical (unpaired) electrons. The Kier molecular flexibility index (Phi) is 4.90. The summed E-state index contributed by atoms with van der Waals surface area (Å²) in [5, 5.41) is 2.75. The summed E-state index contributed by atoms with van der Waals surface area (Å²) in [5.41, 5.74) is 5.51. The fourth-order valence-corrected chi connectivity index (χ4v) is 2.40. The van der Waals surface area contributed by atoms with Crippen LogP contribution in [0, 0.1) is 11.6 Å². The minimum atomic E-state index is -0.917. The fraction of sp³-hybridized carbons (Fsp3) is 0.533. The van der Waals surface area contributed by atoms with Gasteiger partial charge in [-0.1, -0.05) is 13.0 Å². The number of nitrogens with one attached hydrogen (secondary N) is 1. The van der Waals surface area contributed by atoms with Gasteiger partial charge in [0.15, 0.2) is 0 Å². The average Bonchev–Trinajstić information content (AvgIpc) is 2.45. The molecule has 3 N–H and O–H groups in total. The van der Waals surface area contributed by atoms with Crippen molar-refractivity contribution < 1.29 is 18.3 Å². The maximum absolute atomic E-state index is 13.7. The number of hydrogen-bond donors (Lipinski definition) is 2. The summed E-state index contributed by atoms with van der Waals surface area (Å²) in [6.07, 6.45) is 0.941. The van der Waals surface area contributed by atoms with Gasteiger partial charge in [0.2, 0.25) is 5.91 Å². The summed E-state index contributed by atoms with van der Waals surface area (Å²) in [6.45, 7) is 2.95. The predicted octanol–water partition coefficient (Wildman–Crippen LogP) is 1.69. The number of ether oxygens (including phenoxy) is 1. The Hall–Kier alpha value is -1.53. The molecule has 21 heavy (non-hydrogen) atoms. The van der Waals surface area contributed by atoms with Crippen LogP contribution in [0.4, 0.5) is 8.78 Å². The Morgan fingerprint density at radius 1 is 1.43 bits per heavy atom. The van der Waals surface area contributed by atoms with E-state index in [1.54, 1.807) is 6.92 Å². The first-order valence-corrected chi connectivity index (χ1v) is 7.02. The second kappa shape index (κ2) is 6.49. The molecule has 0 aliphatic carbocycles. The third-order valence-electron chi connectivity index (χ3n) is 3.90. The summed E-state index contributed by atoms with van der Waals surface area (Å²) < 4.78 is 31.7. The number of carbonyl (C=O) groups excluding carboxylic acids is 1. The number of hydrogen-bond acceptors (Lipinski definition) is 3. The Labute approximate surface area is 122 Å². The van der Waals surface area contributed by atoms with Crippen LogP contribution in [0.3, 0.4) is 0 Å². The summed E-state index contributed by atoms with van der Waals surface area (Å²) in [5.74, 6) is -1.74. The van der Waals surface area contributed by atoms with Gasteiger partial charge in [-0.25, -0.2) is 8.78 Å². The van der Waals surface area contributed by atoms with Gasteiger partial charge in [0.05, 0.1) is 5.54 Å². The first kappa shape index (κ1) is 15.9. The molecular weight excluding hydrogens is 278 g/mol. The number of rotatable bonds is 4. The van der Waals surface area contributed by atoms with Crippen LogP contribution in [-0.2, 0) is 9.53 Å². The predicted molar refractivity (Wildman–Crippen MR) is 74.8 cm³/mol. The number of halogens is 2. The number of amides is 1. The molecule has 6 heteroatoms. The topological polar surface area (TPSA) is 64.4 Å². The first-order chi connectivity index (χ1) is 9.92. The summed E-state index contributed by atoms with van der Waals surface area (Å²) in [6, 6.07) is 3.45. The molecule has 116 valence electrons. The zero-order valence-corrected chi connectivity index (χ0v) is 12.0. The van der Waals surface area contributed by atoms with E-state index in [-0.39, 0.29) is 18.4 Å². The number of nitrogens with two attached hydrogens (primary N) is 1. The van der Waals surface area contributed by atoms with Gasteiger partial charge in [-0.2, -0.15) is 0 Å². The smallest absolute Gasteiger partial charge is 0.240 e. The second-order valence-corrected chi connectivity index (χ2v) is 5.55. The van der Waals surface area contributed by atoms with Crippen LogP contribution in [0.15, 0.2) is 18.2 Å². The zero-order valence-electron chi connectivity index (χ0n) is 12.0. The molecule has 1 atom stereocenters. The summed E-state index contributed by atoms with van der Waals surface area (Å²) in [7, 11) is 0. The van der Waals surface area contributed by atoms with Crippen molar-refractivity contribution in [1.29, 1.82) is 0 Å². The molecule has 1 fully saturated rings. The highest BCUT2D eigenvalue weighted by atomic mass is 19.1. The summed E-state index contributed by atoms with van der Waals surface area (Å²) in [4.78, 5) is 12.1. The molecule has 2 rings (SSSR count). The van der Waals surface area contributed by atoms with Gasteiger partial charge < -0.3 is 15.8 Å². The molecular formula is C15H20F2N2O2. The molecule has 1 heterocycles. The van der Waals surface area contributed by atoms with Gasteiger partial charge >= 0.3 is 0 Å². The van der Waals surface area contributed by atoms with Crippen LogP contribution in [0.2, 0.25) is 0 Å². The van der Waals surface area contributed by atoms with Gasteiger partial charge in [-0.05, 0) is 24.5 Å². The van der Waals surface area contributed by atoms with Crippen LogP contribution in [0.1, 0.15) is 31.2 Å². The van der Waals surface area contributed by atoms with E-state index in [0.29, 0.717) is 31.6 Å². The van der Waals surface area contributed by atoms with Gasteiger partial charge in [-0.15, -0.1) is 0 Å². The maximum atomic E-state index is 13.7. The van der Waals surface area contributed by atoms with Gasteiger partial charge in [0, 0.05) is 31.7 Å². The van der Waals surface area contributed by atoms with E-state index in [4.69, 9.17) is 10.5 Å². The fourth-order valence-electron chi connectivity index (χ4n) is 2.40. The second-order valence-electron chi connectivity index (χ2n) is 5.55. The van der Waals surface area contributed by atoms with E-state index in [0.717, 1.165) is 6.07 Å². The van der Waals surface area contributed by atoms with Crippen molar-refractivity contribution in [1.82, 2.24) is 5.32 Å². The molecule has 0 aromatic heterocycles. The molecule has 1 amide bonds. The molecule has 4 nitrogen and oxygen atoms in total.